The van der Waals surface area contributed by atoms with Crippen LogP contribution in [-0.4, -0.2) is 48.3 Å². The van der Waals surface area contributed by atoms with Gasteiger partial charge in [0.1, 0.15) is 5.60 Å². The number of amides is 1. The Morgan fingerprint density at radius 3 is 2.73 bits per heavy atom. The summed E-state index contributed by atoms with van der Waals surface area (Å²) in [4.78, 5) is 17.5. The van der Waals surface area contributed by atoms with Crippen molar-refractivity contribution in [1.29, 1.82) is 0 Å². The second-order valence-electron chi connectivity index (χ2n) is 6.47. The van der Waals surface area contributed by atoms with Gasteiger partial charge >= 0.3 is 6.09 Å². The first-order chi connectivity index (χ1) is 10.2. The van der Waals surface area contributed by atoms with Gasteiger partial charge in [0.15, 0.2) is 9.84 Å². The molecule has 1 saturated heterocycles. The van der Waals surface area contributed by atoms with Gasteiger partial charge < -0.3 is 9.64 Å². The summed E-state index contributed by atoms with van der Waals surface area (Å²) in [6.07, 6.45) is 1.56. The van der Waals surface area contributed by atoms with Gasteiger partial charge in [-0.1, -0.05) is 6.07 Å². The summed E-state index contributed by atoms with van der Waals surface area (Å²) < 4.78 is 30.2. The van der Waals surface area contributed by atoms with Gasteiger partial charge in [0.2, 0.25) is 0 Å². The van der Waals surface area contributed by atoms with E-state index in [1.54, 1.807) is 45.2 Å². The topological polar surface area (TPSA) is 76.6 Å². The maximum Gasteiger partial charge on any atom is 0.410 e. The Morgan fingerprint density at radius 1 is 1.41 bits per heavy atom. The third-order valence-electron chi connectivity index (χ3n) is 3.38. The van der Waals surface area contributed by atoms with E-state index in [-0.39, 0.29) is 12.3 Å². The number of carbonyl (C=O) groups excluding carboxylic acids is 1. The molecule has 1 fully saturated rings. The quantitative estimate of drug-likeness (QED) is 0.849. The Kier molecular flexibility index (Phi) is 4.75. The molecule has 0 radical (unpaired) electrons. The molecule has 0 bridgehead atoms. The maximum absolute atomic E-state index is 12.4. The second kappa shape index (κ2) is 6.24. The zero-order valence-corrected chi connectivity index (χ0v) is 14.0. The van der Waals surface area contributed by atoms with Crippen LogP contribution < -0.4 is 0 Å². The van der Waals surface area contributed by atoms with Crippen molar-refractivity contribution in [2.45, 2.75) is 43.8 Å². The van der Waals surface area contributed by atoms with Gasteiger partial charge in [0.25, 0.3) is 0 Å². The number of rotatable bonds is 3. The summed E-state index contributed by atoms with van der Waals surface area (Å²) in [5.41, 5.74) is -0.0552. The van der Waals surface area contributed by atoms with Crippen molar-refractivity contribution in [3.05, 3.63) is 30.1 Å². The molecular formula is C15H22N2O4S. The molecule has 22 heavy (non-hydrogen) atoms. The Hall–Kier alpha value is -1.63. The number of likely N-dealkylation sites (tertiary alicyclic amines) is 1. The van der Waals surface area contributed by atoms with Gasteiger partial charge in [-0.25, -0.2) is 13.2 Å². The first-order valence-corrected chi connectivity index (χ1v) is 8.98. The lowest BCUT2D eigenvalue weighted by molar-refractivity contribution is 0.0295. The van der Waals surface area contributed by atoms with E-state index in [9.17, 15) is 13.2 Å². The van der Waals surface area contributed by atoms with Crippen LogP contribution in [-0.2, 0) is 20.3 Å². The summed E-state index contributed by atoms with van der Waals surface area (Å²) in [6, 6.07) is 5.20. The summed E-state index contributed by atoms with van der Waals surface area (Å²) in [7, 11) is -3.34. The maximum atomic E-state index is 12.4. The van der Waals surface area contributed by atoms with E-state index in [2.05, 4.69) is 4.98 Å². The van der Waals surface area contributed by atoms with Crippen molar-refractivity contribution in [3.63, 3.8) is 0 Å². The van der Waals surface area contributed by atoms with Crippen molar-refractivity contribution < 1.29 is 17.9 Å². The monoisotopic (exact) mass is 326 g/mol. The zero-order chi connectivity index (χ0) is 16.4. The summed E-state index contributed by atoms with van der Waals surface area (Å²) in [5, 5.41) is -0.554. The predicted octanol–water partition coefficient (Wildman–Crippen LogP) is 2.01. The largest absolute Gasteiger partial charge is 0.444 e. The van der Waals surface area contributed by atoms with Crippen LogP contribution in [0.1, 0.15) is 32.9 Å². The first kappa shape index (κ1) is 16.7. The second-order valence-corrected chi connectivity index (χ2v) is 8.75. The van der Waals surface area contributed by atoms with E-state index in [1.165, 1.54) is 4.90 Å². The van der Waals surface area contributed by atoms with E-state index in [1.807, 2.05) is 0 Å². The molecule has 0 unspecified atom stereocenters. The molecule has 0 N–H and O–H groups in total. The van der Waals surface area contributed by atoms with Crippen molar-refractivity contribution in [2.75, 3.05) is 13.1 Å². The Morgan fingerprint density at radius 2 is 2.14 bits per heavy atom. The number of aromatic nitrogens is 1. The van der Waals surface area contributed by atoms with Crippen LogP contribution in [0.3, 0.4) is 0 Å². The fraction of sp³-hybridized carbons (Fsp3) is 0.600. The van der Waals surface area contributed by atoms with E-state index in [4.69, 9.17) is 4.74 Å². The predicted molar refractivity (Wildman–Crippen MR) is 83.1 cm³/mol. The number of nitrogens with zero attached hydrogens (tertiary/aromatic N) is 2. The zero-order valence-electron chi connectivity index (χ0n) is 13.2. The minimum atomic E-state index is -3.34. The molecule has 1 aromatic heterocycles. The number of pyridine rings is 1. The Bertz CT molecular complexity index is 623. The number of hydrogen-bond donors (Lipinski definition) is 0. The van der Waals surface area contributed by atoms with Crippen LogP contribution in [0.15, 0.2) is 24.4 Å². The lowest BCUT2D eigenvalue weighted by Crippen LogP contribution is -2.36. The van der Waals surface area contributed by atoms with Gasteiger partial charge in [0.05, 0.1) is 16.7 Å². The fourth-order valence-electron chi connectivity index (χ4n) is 2.32. The Labute approximate surface area is 131 Å². The Balaban J connectivity index is 1.99. The highest BCUT2D eigenvalue weighted by atomic mass is 32.2. The minimum absolute atomic E-state index is 0.0966. The third kappa shape index (κ3) is 4.43. The highest BCUT2D eigenvalue weighted by Crippen LogP contribution is 2.22. The van der Waals surface area contributed by atoms with E-state index >= 15 is 0 Å². The van der Waals surface area contributed by atoms with Crippen molar-refractivity contribution in [2.24, 2.45) is 0 Å². The molecule has 2 heterocycles. The number of hydrogen-bond acceptors (Lipinski definition) is 5. The molecule has 122 valence electrons. The molecule has 2 rings (SSSR count). The number of ether oxygens (including phenoxy) is 1. The molecule has 1 atom stereocenters. The lowest BCUT2D eigenvalue weighted by Gasteiger charge is -2.24. The molecule has 0 aromatic carbocycles. The van der Waals surface area contributed by atoms with Gasteiger partial charge in [-0.2, -0.15) is 0 Å². The number of sulfone groups is 1. The highest BCUT2D eigenvalue weighted by molar-refractivity contribution is 7.91. The van der Waals surface area contributed by atoms with Gasteiger partial charge in [-0.05, 0) is 39.3 Å². The molecule has 0 saturated carbocycles. The molecule has 6 nitrogen and oxygen atoms in total. The smallest absolute Gasteiger partial charge is 0.410 e. The summed E-state index contributed by atoms with van der Waals surface area (Å²) in [5.74, 6) is -0.0966. The van der Waals surface area contributed by atoms with Gasteiger partial charge in [-0.15, -0.1) is 0 Å². The molecule has 1 aliphatic rings. The van der Waals surface area contributed by atoms with Crippen LogP contribution in [0.2, 0.25) is 0 Å². The first-order valence-electron chi connectivity index (χ1n) is 7.27. The van der Waals surface area contributed by atoms with Gasteiger partial charge in [0, 0.05) is 19.3 Å². The van der Waals surface area contributed by atoms with Crippen LogP contribution >= 0.6 is 0 Å². The van der Waals surface area contributed by atoms with Crippen molar-refractivity contribution in [3.8, 4) is 0 Å². The molecule has 0 spiro atoms. The molecule has 7 heteroatoms. The lowest BCUT2D eigenvalue weighted by atomic mass is 10.2. The normalized spacial score (nSPS) is 19.2. The van der Waals surface area contributed by atoms with Crippen LogP contribution in [0.5, 0.6) is 0 Å². The van der Waals surface area contributed by atoms with E-state index < -0.39 is 26.8 Å². The molecule has 1 amide bonds. The van der Waals surface area contributed by atoms with Crippen LogP contribution in [0.4, 0.5) is 4.79 Å². The number of carbonyl (C=O) groups is 1. The SMILES string of the molecule is CC(C)(C)OC(=O)N1CC[C@H](S(=O)(=O)Cc2ccccn2)C1. The average molecular weight is 326 g/mol. The van der Waals surface area contributed by atoms with Crippen molar-refractivity contribution in [1.82, 2.24) is 9.88 Å². The standard InChI is InChI=1S/C15H22N2O4S/c1-15(2,3)21-14(18)17-9-7-13(10-17)22(19,20)11-12-6-4-5-8-16-12/h4-6,8,13H,7,9-11H2,1-3H3/t13-/m0/s1. The van der Waals surface area contributed by atoms with Crippen LogP contribution in [0.25, 0.3) is 0 Å². The average Bonchev–Trinajstić information content (AvgIpc) is 2.87. The molecule has 0 aliphatic carbocycles. The van der Waals surface area contributed by atoms with E-state index in [0.29, 0.717) is 18.7 Å². The molecular weight excluding hydrogens is 304 g/mol. The highest BCUT2D eigenvalue weighted by Gasteiger charge is 2.36. The molecule has 1 aliphatic heterocycles. The molecule has 1 aromatic rings. The van der Waals surface area contributed by atoms with Crippen molar-refractivity contribution >= 4 is 15.9 Å². The fourth-order valence-corrected chi connectivity index (χ4v) is 4.01. The van der Waals surface area contributed by atoms with Crippen LogP contribution in [0, 0.1) is 0 Å². The van der Waals surface area contributed by atoms with E-state index in [0.717, 1.165) is 0 Å². The summed E-state index contributed by atoms with van der Waals surface area (Å²) >= 11 is 0. The minimum Gasteiger partial charge on any atom is -0.444 e. The van der Waals surface area contributed by atoms with Gasteiger partial charge in [-0.3, -0.25) is 4.98 Å². The third-order valence-corrected chi connectivity index (χ3v) is 5.48. The summed E-state index contributed by atoms with van der Waals surface area (Å²) in [6.45, 7) is 5.95.